The molecule has 0 aromatic heterocycles. The maximum atomic E-state index is 5.10. The summed E-state index contributed by atoms with van der Waals surface area (Å²) in [4.78, 5) is 5.10. The molecule has 0 spiro atoms. The molecule has 2 fully saturated rings. The van der Waals surface area contributed by atoms with Gasteiger partial charge in [0.1, 0.15) is 5.84 Å². The molecule has 0 bridgehead atoms. The first-order chi connectivity index (χ1) is 15.4. The molecule has 6 nitrogen and oxygen atoms in total. The van der Waals surface area contributed by atoms with Crippen LogP contribution in [0.15, 0.2) is 53.2 Å². The van der Waals surface area contributed by atoms with Gasteiger partial charge in [-0.2, -0.15) is 0 Å². The normalized spacial score (nSPS) is 28.0. The number of piperidine rings is 1. The van der Waals surface area contributed by atoms with Gasteiger partial charge in [-0.05, 0) is 63.5 Å². The molecule has 0 aromatic rings. The highest BCUT2D eigenvalue weighted by atomic mass is 15.4. The zero-order chi connectivity index (χ0) is 21.1. The summed E-state index contributed by atoms with van der Waals surface area (Å²) in [7, 11) is 0. The minimum Gasteiger partial charge on any atom is -0.358 e. The molecule has 2 aliphatic heterocycles. The molecular weight excluding hydrogens is 384 g/mol. The first kappa shape index (κ1) is 22.5. The van der Waals surface area contributed by atoms with Crippen LogP contribution >= 0.6 is 0 Å². The van der Waals surface area contributed by atoms with Gasteiger partial charge in [0.25, 0.3) is 0 Å². The molecule has 2 aliphatic carbocycles. The second-order valence-electron chi connectivity index (χ2n) is 9.22. The number of hydrogen-bond acceptors (Lipinski definition) is 5. The maximum Gasteiger partial charge on any atom is 0.109 e. The molecule has 4 rings (SSSR count). The Morgan fingerprint density at radius 2 is 2.06 bits per heavy atom. The standard InChI is InChI=1S/C25H40N6/c1-3-9-20(10-4-1)14-15-24(27-19-23-13-7-8-16-26-23)31-25(21-17-28-29-18-21)30-22-11-5-2-6-12-22/h1-5,9,11,20-21,23-24,26-29H,6-8,10,12-19H2,(H,30,31). The molecule has 0 amide bonds. The number of hydrogen-bond donors (Lipinski definition) is 5. The number of hydrazine groups is 1. The van der Waals surface area contributed by atoms with E-state index < -0.39 is 0 Å². The second kappa shape index (κ2) is 12.3. The van der Waals surface area contributed by atoms with Crippen molar-refractivity contribution in [3.05, 3.63) is 48.2 Å². The molecule has 3 unspecified atom stereocenters. The van der Waals surface area contributed by atoms with E-state index in [2.05, 4.69) is 69.3 Å². The molecule has 3 atom stereocenters. The SMILES string of the molecule is C1=CCCC(/N=C(\NC(CCC2C=CC=CC2)NCC2CCCCN2)C2CNNC2)=C1. The van der Waals surface area contributed by atoms with Gasteiger partial charge in [0, 0.05) is 37.3 Å². The predicted molar refractivity (Wildman–Crippen MR) is 130 cm³/mol. The van der Waals surface area contributed by atoms with Crippen molar-refractivity contribution in [1.82, 2.24) is 26.8 Å². The number of nitrogens with one attached hydrogen (secondary N) is 5. The van der Waals surface area contributed by atoms with Crippen molar-refractivity contribution in [2.75, 3.05) is 26.2 Å². The Morgan fingerprint density at radius 1 is 1.13 bits per heavy atom. The third-order valence-corrected chi connectivity index (χ3v) is 6.71. The summed E-state index contributed by atoms with van der Waals surface area (Å²) in [5.74, 6) is 2.14. The van der Waals surface area contributed by atoms with Crippen LogP contribution in [0.25, 0.3) is 0 Å². The number of aliphatic imine (C=N–C) groups is 1. The largest absolute Gasteiger partial charge is 0.358 e. The lowest BCUT2D eigenvalue weighted by Crippen LogP contribution is -2.52. The van der Waals surface area contributed by atoms with Crippen LogP contribution < -0.4 is 26.8 Å². The van der Waals surface area contributed by atoms with Crippen LogP contribution in [0.5, 0.6) is 0 Å². The van der Waals surface area contributed by atoms with Gasteiger partial charge in [-0.1, -0.05) is 42.9 Å². The number of allylic oxidation sites excluding steroid dienone is 8. The van der Waals surface area contributed by atoms with Crippen molar-refractivity contribution in [2.24, 2.45) is 16.8 Å². The van der Waals surface area contributed by atoms with E-state index in [0.29, 0.717) is 17.9 Å². The van der Waals surface area contributed by atoms with Gasteiger partial charge in [0.05, 0.1) is 6.17 Å². The minimum atomic E-state index is 0.238. The van der Waals surface area contributed by atoms with Crippen molar-refractivity contribution >= 4 is 5.84 Å². The fourth-order valence-electron chi connectivity index (χ4n) is 4.75. The first-order valence-corrected chi connectivity index (χ1v) is 12.3. The first-order valence-electron chi connectivity index (χ1n) is 12.3. The number of nitrogens with zero attached hydrogens (tertiary/aromatic N) is 1. The highest BCUT2D eigenvalue weighted by Gasteiger charge is 2.24. The van der Waals surface area contributed by atoms with Crippen molar-refractivity contribution < 1.29 is 0 Å². The minimum absolute atomic E-state index is 0.238. The third-order valence-electron chi connectivity index (χ3n) is 6.71. The quantitative estimate of drug-likeness (QED) is 0.224. The summed E-state index contributed by atoms with van der Waals surface area (Å²) in [5, 5.41) is 11.4. The maximum absolute atomic E-state index is 5.10. The molecule has 170 valence electrons. The summed E-state index contributed by atoms with van der Waals surface area (Å²) < 4.78 is 0. The van der Waals surface area contributed by atoms with E-state index >= 15 is 0 Å². The Hall–Kier alpha value is -1.73. The molecule has 4 aliphatic rings. The highest BCUT2D eigenvalue weighted by Crippen LogP contribution is 2.19. The van der Waals surface area contributed by atoms with Crippen LogP contribution in [-0.2, 0) is 0 Å². The zero-order valence-electron chi connectivity index (χ0n) is 18.8. The van der Waals surface area contributed by atoms with Crippen LogP contribution in [0.2, 0.25) is 0 Å². The van der Waals surface area contributed by atoms with Gasteiger partial charge in [-0.3, -0.25) is 16.2 Å². The molecule has 6 heteroatoms. The fraction of sp³-hybridized carbons (Fsp3) is 0.640. The lowest BCUT2D eigenvalue weighted by Gasteiger charge is -2.30. The van der Waals surface area contributed by atoms with Gasteiger partial charge in [0.15, 0.2) is 0 Å². The monoisotopic (exact) mass is 424 g/mol. The topological polar surface area (TPSA) is 72.5 Å². The summed E-state index contributed by atoms with van der Waals surface area (Å²) >= 11 is 0. The zero-order valence-corrected chi connectivity index (χ0v) is 18.8. The molecule has 0 aromatic carbocycles. The van der Waals surface area contributed by atoms with Crippen LogP contribution in [-0.4, -0.2) is 44.2 Å². The molecule has 2 heterocycles. The van der Waals surface area contributed by atoms with Crippen molar-refractivity contribution in [1.29, 1.82) is 0 Å². The summed E-state index contributed by atoms with van der Waals surface area (Å²) in [6, 6.07) is 0.581. The summed E-state index contributed by atoms with van der Waals surface area (Å²) in [5.41, 5.74) is 7.74. The Labute approximate surface area is 187 Å². The van der Waals surface area contributed by atoms with E-state index in [1.54, 1.807) is 0 Å². The van der Waals surface area contributed by atoms with Crippen LogP contribution in [0.1, 0.15) is 51.4 Å². The number of amidine groups is 1. The van der Waals surface area contributed by atoms with E-state index in [9.17, 15) is 0 Å². The van der Waals surface area contributed by atoms with E-state index in [1.807, 2.05) is 0 Å². The predicted octanol–water partition coefficient (Wildman–Crippen LogP) is 2.90. The van der Waals surface area contributed by atoms with Crippen molar-refractivity contribution in [3.8, 4) is 0 Å². The van der Waals surface area contributed by atoms with Crippen LogP contribution in [0, 0.1) is 11.8 Å². The summed E-state index contributed by atoms with van der Waals surface area (Å²) in [6.45, 7) is 4.00. The average molecular weight is 425 g/mol. The summed E-state index contributed by atoms with van der Waals surface area (Å²) in [6.07, 6.45) is 25.2. The molecule has 0 radical (unpaired) electrons. The Kier molecular flexibility index (Phi) is 8.94. The van der Waals surface area contributed by atoms with E-state index in [0.717, 1.165) is 57.7 Å². The van der Waals surface area contributed by atoms with E-state index in [-0.39, 0.29) is 6.17 Å². The van der Waals surface area contributed by atoms with Gasteiger partial charge in [-0.15, -0.1) is 0 Å². The third kappa shape index (κ3) is 7.42. The number of rotatable bonds is 9. The lowest BCUT2D eigenvalue weighted by atomic mass is 9.94. The van der Waals surface area contributed by atoms with Gasteiger partial charge in [0.2, 0.25) is 0 Å². The molecule has 0 saturated carbocycles. The van der Waals surface area contributed by atoms with Gasteiger partial charge in [-0.25, -0.2) is 4.99 Å². The van der Waals surface area contributed by atoms with Crippen molar-refractivity contribution in [3.63, 3.8) is 0 Å². The molecule has 2 saturated heterocycles. The van der Waals surface area contributed by atoms with Crippen LogP contribution in [0.3, 0.4) is 0 Å². The van der Waals surface area contributed by atoms with Gasteiger partial charge < -0.3 is 10.6 Å². The molecule has 31 heavy (non-hydrogen) atoms. The molecule has 5 N–H and O–H groups in total. The smallest absolute Gasteiger partial charge is 0.109 e. The Bertz CT molecular complexity index is 695. The Morgan fingerprint density at radius 3 is 2.81 bits per heavy atom. The van der Waals surface area contributed by atoms with E-state index in [4.69, 9.17) is 4.99 Å². The van der Waals surface area contributed by atoms with Crippen molar-refractivity contribution in [2.45, 2.75) is 63.6 Å². The van der Waals surface area contributed by atoms with E-state index in [1.165, 1.54) is 31.4 Å². The molecular formula is C25H40N6. The Balaban J connectivity index is 1.41. The fourth-order valence-corrected chi connectivity index (χ4v) is 4.75. The lowest BCUT2D eigenvalue weighted by molar-refractivity contribution is 0.341. The average Bonchev–Trinajstić information content (AvgIpc) is 3.37. The van der Waals surface area contributed by atoms with Crippen LogP contribution in [0.4, 0.5) is 0 Å². The second-order valence-corrected chi connectivity index (χ2v) is 9.22. The van der Waals surface area contributed by atoms with Gasteiger partial charge >= 0.3 is 0 Å². The highest BCUT2D eigenvalue weighted by molar-refractivity contribution is 5.86.